The van der Waals surface area contributed by atoms with Crippen LogP contribution in [-0.4, -0.2) is 183 Å². The summed E-state index contributed by atoms with van der Waals surface area (Å²) in [6.07, 6.45) is -11.9. The Balaban J connectivity index is 2.47. The molecule has 4 amide bonds. The Bertz CT molecular complexity index is 1470. The van der Waals surface area contributed by atoms with Gasteiger partial charge >= 0.3 is 31.7 Å². The summed E-state index contributed by atoms with van der Waals surface area (Å²) in [6.45, 7) is 2.50. The van der Waals surface area contributed by atoms with E-state index in [1.54, 1.807) is 0 Å². The molecule has 0 fully saturated rings. The molecule has 27 heteroatoms. The van der Waals surface area contributed by atoms with Gasteiger partial charge in [-0.1, -0.05) is 0 Å². The number of nitrogens with two attached hydrogens (primary N) is 2. The normalized spacial score (nSPS) is 23.4. The van der Waals surface area contributed by atoms with Crippen molar-refractivity contribution in [2.45, 2.75) is 88.5 Å². The molecule has 318 valence electrons. The van der Waals surface area contributed by atoms with Crippen molar-refractivity contribution in [3.8, 4) is 0 Å². The predicted octanol–water partition coefficient (Wildman–Crippen LogP) is -5.94. The van der Waals surface area contributed by atoms with E-state index in [1.807, 2.05) is 0 Å². The van der Waals surface area contributed by atoms with Crippen LogP contribution in [0.4, 0.5) is 9.59 Å². The van der Waals surface area contributed by atoms with E-state index in [1.165, 1.54) is 13.8 Å². The highest BCUT2D eigenvalue weighted by Crippen LogP contribution is 2.27. The van der Waals surface area contributed by atoms with Crippen molar-refractivity contribution in [2.24, 2.45) is 11.5 Å². The number of amides is 4. The number of hydrogen-bond donors (Lipinski definition) is 14. The van der Waals surface area contributed by atoms with E-state index in [4.69, 9.17) is 41.2 Å². The lowest BCUT2D eigenvalue weighted by Gasteiger charge is -2.42. The number of aliphatic hydroxyl groups is 4. The minimum absolute atomic E-state index is 0.218. The van der Waals surface area contributed by atoms with Gasteiger partial charge in [0.15, 0.2) is 36.3 Å². The van der Waals surface area contributed by atoms with Gasteiger partial charge in [-0.05, 0) is 26.0 Å². The van der Waals surface area contributed by atoms with Crippen molar-refractivity contribution < 1.29 is 78.4 Å². The Kier molecular flexibility index (Phi) is 17.6. The Hall–Kier alpha value is -6.06. The van der Waals surface area contributed by atoms with Gasteiger partial charge in [-0.3, -0.25) is 20.4 Å². The molecule has 2 rings (SSSR count). The smallest absolute Gasteiger partial charge is 0.399 e. The third-order valence-electron chi connectivity index (χ3n) is 8.35. The number of carboxylic acids is 2. The third kappa shape index (κ3) is 13.0. The fraction of sp³-hybridized carbons (Fsp3) is 0.600. The number of guanidine groups is 2. The lowest BCUT2D eigenvalue weighted by atomic mass is 9.91. The number of aliphatic hydroxyl groups excluding tert-OH is 4. The largest absolute Gasteiger partial charge is 0.477 e. The average molecular weight is 817 g/mol. The van der Waals surface area contributed by atoms with Gasteiger partial charge in [0.25, 0.3) is 0 Å². The third-order valence-corrected chi connectivity index (χ3v) is 8.35. The van der Waals surface area contributed by atoms with Gasteiger partial charge in [0.2, 0.25) is 23.3 Å². The second-order valence-corrected chi connectivity index (χ2v) is 12.5. The topological polar surface area (TPSA) is 415 Å². The SMILES string of the molecule is CCN(BN(CC)C(=O)O[C@@H]([C@@H]1OC(C(=O)O)=C[C@H](NC(=N)N)[C@H]1NC(C)=O)[C@H](O)CO)C(=O)O[C@@H]([C@@H]1OC(C(=O)O)=C[C@H](NC(=N)N)[C@H]1NC(C)=O)[C@H](O)CO. The summed E-state index contributed by atoms with van der Waals surface area (Å²) in [5.41, 5.74) is 10.9. The number of ether oxygens (including phenoxy) is 4. The number of rotatable bonds is 18. The maximum Gasteiger partial charge on any atom is 0.399 e. The van der Waals surface area contributed by atoms with Crippen LogP contribution in [0.15, 0.2) is 23.7 Å². The predicted molar refractivity (Wildman–Crippen MR) is 193 cm³/mol. The van der Waals surface area contributed by atoms with Crippen molar-refractivity contribution in [3.05, 3.63) is 23.7 Å². The minimum atomic E-state index is -1.97. The lowest BCUT2D eigenvalue weighted by molar-refractivity contribution is -0.147. The number of aliphatic carboxylic acids is 2. The molecule has 10 atom stereocenters. The Morgan fingerprint density at radius 3 is 1.32 bits per heavy atom. The molecule has 57 heavy (non-hydrogen) atoms. The molecule has 0 bridgehead atoms. The van der Waals surface area contributed by atoms with Gasteiger partial charge in [0, 0.05) is 26.9 Å². The second-order valence-electron chi connectivity index (χ2n) is 12.5. The van der Waals surface area contributed by atoms with Crippen molar-refractivity contribution in [1.82, 2.24) is 30.9 Å². The minimum Gasteiger partial charge on any atom is -0.477 e. The zero-order valence-corrected chi connectivity index (χ0v) is 31.3. The van der Waals surface area contributed by atoms with Crippen LogP contribution in [0.2, 0.25) is 0 Å². The molecule has 0 saturated carbocycles. The monoisotopic (exact) mass is 816 g/mol. The summed E-state index contributed by atoms with van der Waals surface area (Å²) < 4.78 is 22.1. The van der Waals surface area contributed by atoms with Crippen LogP contribution in [-0.2, 0) is 38.1 Å². The first kappa shape index (κ1) is 47.1. The molecule has 2 aliphatic rings. The fourth-order valence-electron chi connectivity index (χ4n) is 5.78. The molecule has 0 aromatic rings. The molecule has 0 radical (unpaired) electrons. The summed E-state index contributed by atoms with van der Waals surface area (Å²) in [6, 6.07) is -5.28. The number of nitrogens with one attached hydrogen (secondary N) is 6. The molecule has 2 heterocycles. The summed E-state index contributed by atoms with van der Waals surface area (Å²) >= 11 is 0. The molecular formula is C30H49BN10O16. The Morgan fingerprint density at radius 2 is 1.07 bits per heavy atom. The quantitative estimate of drug-likeness (QED) is 0.0348. The molecule has 0 aliphatic carbocycles. The number of hydrogen-bond acceptors (Lipinski definition) is 16. The van der Waals surface area contributed by atoms with Crippen LogP contribution in [0.25, 0.3) is 0 Å². The molecule has 0 aromatic heterocycles. The van der Waals surface area contributed by atoms with Gasteiger partial charge in [0.05, 0.1) is 37.4 Å². The van der Waals surface area contributed by atoms with Crippen LogP contribution < -0.4 is 32.7 Å². The Morgan fingerprint density at radius 1 is 0.737 bits per heavy atom. The molecular weight excluding hydrogens is 767 g/mol. The van der Waals surface area contributed by atoms with Gasteiger partial charge in [-0.15, -0.1) is 0 Å². The Labute approximate surface area is 325 Å². The molecule has 2 aliphatic heterocycles. The first-order chi connectivity index (χ1) is 26.7. The standard InChI is InChI=1S/C30H49BN10O16/c1-5-40(29(52)56-21(15(46)9-42)23-19(36-11(3)44)13(38-27(32)33)7-17(54-23)25(48)49)31-41(6-2)30(53)57-22(16(47)10-43)24-20(37-12(4)45)14(39-28(34)35)8-18(55-24)26(50)51/h7-8,13-16,19-24,31,42-43,46-47H,5-6,9-10H2,1-4H3,(H,36,44)(H,37,45)(H,48,49)(H,50,51)(H4,32,33,38)(H4,34,35,39)/t13-,14-,15+,16+,19+,20+,21+,22+,23+,24+/m0/s1. The molecule has 0 saturated heterocycles. The van der Waals surface area contributed by atoms with E-state index < -0.39 is 141 Å². The van der Waals surface area contributed by atoms with E-state index in [9.17, 15) is 59.4 Å². The van der Waals surface area contributed by atoms with Crippen molar-refractivity contribution in [2.75, 3.05) is 26.3 Å². The summed E-state index contributed by atoms with van der Waals surface area (Å²) in [7, 11) is -0.653. The lowest BCUT2D eigenvalue weighted by Crippen LogP contribution is -2.65. The van der Waals surface area contributed by atoms with Crippen LogP contribution in [0.5, 0.6) is 0 Å². The molecule has 26 nitrogen and oxygen atoms in total. The number of nitrogens with zero attached hydrogens (tertiary/aromatic N) is 2. The molecule has 0 spiro atoms. The zero-order valence-electron chi connectivity index (χ0n) is 31.3. The van der Waals surface area contributed by atoms with E-state index in [2.05, 4.69) is 21.3 Å². The maximum atomic E-state index is 13.7. The molecule has 16 N–H and O–H groups in total. The fourth-order valence-corrected chi connectivity index (χ4v) is 5.78. The highest BCUT2D eigenvalue weighted by Gasteiger charge is 2.49. The van der Waals surface area contributed by atoms with Crippen molar-refractivity contribution in [3.63, 3.8) is 0 Å². The van der Waals surface area contributed by atoms with Crippen LogP contribution >= 0.6 is 0 Å². The van der Waals surface area contributed by atoms with Crippen molar-refractivity contribution in [1.29, 1.82) is 10.8 Å². The van der Waals surface area contributed by atoms with E-state index in [-0.39, 0.29) is 13.1 Å². The first-order valence-corrected chi connectivity index (χ1v) is 17.2. The first-order valence-electron chi connectivity index (χ1n) is 17.2. The summed E-state index contributed by atoms with van der Waals surface area (Å²) in [4.78, 5) is 77.4. The van der Waals surface area contributed by atoms with E-state index >= 15 is 0 Å². The van der Waals surface area contributed by atoms with Crippen LogP contribution in [0.1, 0.15) is 27.7 Å². The van der Waals surface area contributed by atoms with Crippen molar-refractivity contribution >= 4 is 55.4 Å². The maximum absolute atomic E-state index is 13.7. The van der Waals surface area contributed by atoms with E-state index in [0.717, 1.165) is 35.6 Å². The van der Waals surface area contributed by atoms with Gasteiger partial charge < -0.3 is 91.9 Å². The van der Waals surface area contributed by atoms with E-state index in [0.29, 0.717) is 0 Å². The second kappa shape index (κ2) is 21.3. The number of carbonyl (C=O) groups excluding carboxylic acids is 4. The number of carboxylic acid groups (broad SMARTS) is 2. The summed E-state index contributed by atoms with van der Waals surface area (Å²) in [5, 5.41) is 85.9. The van der Waals surface area contributed by atoms with Gasteiger partial charge in [-0.2, -0.15) is 0 Å². The number of carbonyl (C=O) groups is 6. The molecule has 0 aromatic carbocycles. The highest BCUT2D eigenvalue weighted by atomic mass is 16.6. The van der Waals surface area contributed by atoms with Gasteiger partial charge in [0.1, 0.15) is 12.2 Å². The van der Waals surface area contributed by atoms with Crippen LogP contribution in [0.3, 0.4) is 0 Å². The average Bonchev–Trinajstić information content (AvgIpc) is 3.12. The zero-order chi connectivity index (χ0) is 43.3. The molecule has 0 unspecified atom stereocenters. The van der Waals surface area contributed by atoms with Crippen LogP contribution in [0, 0.1) is 10.8 Å². The van der Waals surface area contributed by atoms with Gasteiger partial charge in [-0.25, -0.2) is 19.2 Å². The summed E-state index contributed by atoms with van der Waals surface area (Å²) in [5.74, 6) is -7.46. The highest BCUT2D eigenvalue weighted by molar-refractivity contribution is 6.37.